The van der Waals surface area contributed by atoms with E-state index in [4.69, 9.17) is 9.72 Å². The highest BCUT2D eigenvalue weighted by Crippen LogP contribution is 2.27. The quantitative estimate of drug-likeness (QED) is 0.392. The average molecular weight is 487 g/mol. The number of fused-ring (bicyclic) bond motifs is 1. The van der Waals surface area contributed by atoms with Gasteiger partial charge in [0.1, 0.15) is 11.4 Å². The first-order valence-electron chi connectivity index (χ1n) is 11.4. The van der Waals surface area contributed by atoms with E-state index in [0.29, 0.717) is 5.82 Å². The Labute approximate surface area is 207 Å². The Morgan fingerprint density at radius 1 is 1.03 bits per heavy atom. The van der Waals surface area contributed by atoms with Crippen LogP contribution in [0, 0.1) is 20.8 Å². The average Bonchev–Trinajstić information content (AvgIpc) is 3.23. The van der Waals surface area contributed by atoms with Crippen LogP contribution in [0.3, 0.4) is 0 Å². The van der Waals surface area contributed by atoms with Crippen molar-refractivity contribution in [1.29, 1.82) is 0 Å². The smallest absolute Gasteiger partial charge is 0.343 e. The van der Waals surface area contributed by atoms with Gasteiger partial charge in [0.25, 0.3) is 5.91 Å². The topological polar surface area (TPSA) is 128 Å². The third-order valence-corrected chi connectivity index (χ3v) is 5.48. The van der Waals surface area contributed by atoms with Crippen LogP contribution in [-0.2, 0) is 9.53 Å². The maximum absolute atomic E-state index is 13.2. The van der Waals surface area contributed by atoms with E-state index < -0.39 is 11.9 Å². The molecule has 10 nitrogen and oxygen atoms in total. The molecule has 184 valence electrons. The van der Waals surface area contributed by atoms with Crippen molar-refractivity contribution < 1.29 is 19.1 Å². The Balaban J connectivity index is 1.80. The highest BCUT2D eigenvalue weighted by atomic mass is 16.5. The summed E-state index contributed by atoms with van der Waals surface area (Å²) in [5, 5.41) is 10.7. The number of ether oxygens (including phenoxy) is 1. The zero-order valence-corrected chi connectivity index (χ0v) is 20.7. The molecule has 0 bridgehead atoms. The number of carbonyl (C=O) groups excluding carboxylic acids is 3. The lowest BCUT2D eigenvalue weighted by molar-refractivity contribution is -0.114. The van der Waals surface area contributed by atoms with Gasteiger partial charge in [-0.2, -0.15) is 9.78 Å². The van der Waals surface area contributed by atoms with E-state index in [0.717, 1.165) is 27.6 Å². The third-order valence-electron chi connectivity index (χ3n) is 5.48. The van der Waals surface area contributed by atoms with E-state index in [1.165, 1.54) is 36.1 Å². The van der Waals surface area contributed by atoms with E-state index in [2.05, 4.69) is 26.8 Å². The summed E-state index contributed by atoms with van der Waals surface area (Å²) in [7, 11) is 0. The summed E-state index contributed by atoms with van der Waals surface area (Å²) < 4.78 is 6.58. The van der Waals surface area contributed by atoms with Crippen LogP contribution in [0.1, 0.15) is 51.3 Å². The van der Waals surface area contributed by atoms with Gasteiger partial charge in [0, 0.05) is 24.1 Å². The number of aryl methyl sites for hydroxylation is 3. The van der Waals surface area contributed by atoms with E-state index in [-0.39, 0.29) is 35.3 Å². The molecule has 36 heavy (non-hydrogen) atoms. The molecule has 1 aromatic carbocycles. The highest BCUT2D eigenvalue weighted by molar-refractivity contribution is 6.08. The zero-order valence-electron chi connectivity index (χ0n) is 20.7. The third kappa shape index (κ3) is 4.92. The summed E-state index contributed by atoms with van der Waals surface area (Å²) in [5.41, 5.74) is 4.22. The van der Waals surface area contributed by atoms with Crippen molar-refractivity contribution in [1.82, 2.24) is 19.7 Å². The summed E-state index contributed by atoms with van der Waals surface area (Å²) in [6, 6.07) is 8.89. The Hall–Kier alpha value is -4.60. The van der Waals surface area contributed by atoms with Gasteiger partial charge >= 0.3 is 5.97 Å². The van der Waals surface area contributed by atoms with E-state index >= 15 is 0 Å². The molecule has 0 saturated carbocycles. The monoisotopic (exact) mass is 486 g/mol. The van der Waals surface area contributed by atoms with Crippen molar-refractivity contribution in [3.8, 4) is 5.82 Å². The molecule has 0 atom stereocenters. The number of esters is 1. The van der Waals surface area contributed by atoms with Gasteiger partial charge in [-0.25, -0.2) is 14.8 Å². The van der Waals surface area contributed by atoms with Crippen molar-refractivity contribution in [2.24, 2.45) is 0 Å². The molecule has 0 aliphatic carbocycles. The Morgan fingerprint density at radius 2 is 1.81 bits per heavy atom. The van der Waals surface area contributed by atoms with E-state index in [9.17, 15) is 14.4 Å². The maximum atomic E-state index is 13.2. The molecule has 0 saturated heterocycles. The zero-order chi connectivity index (χ0) is 26.0. The second-order valence-corrected chi connectivity index (χ2v) is 8.38. The molecule has 2 N–H and O–H groups in total. The van der Waals surface area contributed by atoms with Crippen LogP contribution in [-0.4, -0.2) is 44.1 Å². The molecular weight excluding hydrogens is 460 g/mol. The first-order valence-corrected chi connectivity index (χ1v) is 11.4. The van der Waals surface area contributed by atoms with Gasteiger partial charge < -0.3 is 15.4 Å². The van der Waals surface area contributed by atoms with Gasteiger partial charge in [0.15, 0.2) is 11.6 Å². The molecule has 0 unspecified atom stereocenters. The first kappa shape index (κ1) is 24.5. The predicted octanol–water partition coefficient (Wildman–Crippen LogP) is 4.13. The fourth-order valence-corrected chi connectivity index (χ4v) is 3.94. The number of nitrogens with one attached hydrogen (secondary N) is 2. The summed E-state index contributed by atoms with van der Waals surface area (Å²) >= 11 is 0. The van der Waals surface area contributed by atoms with Gasteiger partial charge in [-0.3, -0.25) is 9.59 Å². The Bertz CT molecular complexity index is 1510. The SMILES string of the molecule is CCOC(=O)c1cnn(-c2cc(C)c3cc(C)cc(C)c3n2)c1NC(=O)c1ccnc(NC(C)=O)c1. The molecule has 4 rings (SSSR count). The summed E-state index contributed by atoms with van der Waals surface area (Å²) in [5.74, 6) is -0.686. The van der Waals surface area contributed by atoms with E-state index in [1.807, 2.05) is 32.9 Å². The number of hydrogen-bond donors (Lipinski definition) is 2. The molecule has 10 heteroatoms. The van der Waals surface area contributed by atoms with Gasteiger partial charge in [0.2, 0.25) is 5.91 Å². The lowest BCUT2D eigenvalue weighted by Gasteiger charge is -2.14. The number of benzene rings is 1. The number of pyridine rings is 2. The minimum atomic E-state index is -0.628. The van der Waals surface area contributed by atoms with Crippen molar-refractivity contribution in [2.75, 3.05) is 17.2 Å². The van der Waals surface area contributed by atoms with Gasteiger partial charge in [-0.1, -0.05) is 11.6 Å². The van der Waals surface area contributed by atoms with Crippen molar-refractivity contribution in [3.63, 3.8) is 0 Å². The molecular formula is C26H26N6O4. The maximum Gasteiger partial charge on any atom is 0.343 e. The molecule has 4 aromatic rings. The number of amides is 2. The molecule has 0 fully saturated rings. The predicted molar refractivity (Wildman–Crippen MR) is 136 cm³/mol. The molecule has 0 spiro atoms. The van der Waals surface area contributed by atoms with Crippen molar-refractivity contribution in [3.05, 3.63) is 70.5 Å². The van der Waals surface area contributed by atoms with Gasteiger partial charge in [0.05, 0.1) is 18.3 Å². The van der Waals surface area contributed by atoms with E-state index in [1.54, 1.807) is 6.92 Å². The molecule has 0 radical (unpaired) electrons. The second kappa shape index (κ2) is 9.95. The molecule has 0 aliphatic rings. The number of hydrogen-bond acceptors (Lipinski definition) is 7. The Kier molecular flexibility index (Phi) is 6.77. The molecule has 3 aromatic heterocycles. The van der Waals surface area contributed by atoms with Crippen LogP contribution < -0.4 is 10.6 Å². The van der Waals surface area contributed by atoms with Crippen LogP contribution in [0.2, 0.25) is 0 Å². The minimum Gasteiger partial charge on any atom is -0.462 e. The molecule has 0 aliphatic heterocycles. The highest BCUT2D eigenvalue weighted by Gasteiger charge is 2.23. The van der Waals surface area contributed by atoms with Crippen LogP contribution in [0.4, 0.5) is 11.6 Å². The number of nitrogens with zero attached hydrogens (tertiary/aromatic N) is 4. The number of aromatic nitrogens is 4. The number of anilines is 2. The lowest BCUT2D eigenvalue weighted by atomic mass is 10.0. The lowest BCUT2D eigenvalue weighted by Crippen LogP contribution is -2.19. The van der Waals surface area contributed by atoms with Crippen molar-refractivity contribution >= 4 is 40.3 Å². The Morgan fingerprint density at radius 3 is 2.53 bits per heavy atom. The number of rotatable bonds is 6. The van der Waals surface area contributed by atoms with Crippen molar-refractivity contribution in [2.45, 2.75) is 34.6 Å². The standard InChI is InChI=1S/C26H26N6O4/c1-6-36-26(35)20-13-28-32(22-11-15(3)19-10-14(2)9-16(4)23(19)30-22)24(20)31-25(34)18-7-8-27-21(12-18)29-17(5)33/h7-13H,6H2,1-5H3,(H,31,34)(H,27,29,33). The molecule has 3 heterocycles. The fourth-order valence-electron chi connectivity index (χ4n) is 3.94. The van der Waals surface area contributed by atoms with Crippen LogP contribution >= 0.6 is 0 Å². The minimum absolute atomic E-state index is 0.0847. The largest absolute Gasteiger partial charge is 0.462 e. The van der Waals surface area contributed by atoms with Gasteiger partial charge in [-0.15, -0.1) is 0 Å². The fraction of sp³-hybridized carbons (Fsp3) is 0.231. The summed E-state index contributed by atoms with van der Waals surface area (Å²) in [6.45, 7) is 9.19. The van der Waals surface area contributed by atoms with Crippen LogP contribution in [0.25, 0.3) is 16.7 Å². The summed E-state index contributed by atoms with van der Waals surface area (Å²) in [6.07, 6.45) is 2.74. The summed E-state index contributed by atoms with van der Waals surface area (Å²) in [4.78, 5) is 46.0. The first-order chi connectivity index (χ1) is 17.2. The normalized spacial score (nSPS) is 10.8. The van der Waals surface area contributed by atoms with Crippen LogP contribution in [0.15, 0.2) is 42.7 Å². The molecule has 2 amide bonds. The number of carbonyl (C=O) groups is 3. The van der Waals surface area contributed by atoms with Crippen LogP contribution in [0.5, 0.6) is 0 Å². The van der Waals surface area contributed by atoms with Gasteiger partial charge in [-0.05, 0) is 63.1 Å². The second-order valence-electron chi connectivity index (χ2n) is 8.38.